The standard InChI is InChI=1S/C12H18ClNOS/c1-16-6-5-12(9-15)14-8-10-3-2-4-11(13)7-10/h2-4,7,12,14-15H,5-6,8-9H2,1H3. The Morgan fingerprint density at radius 1 is 1.50 bits per heavy atom. The summed E-state index contributed by atoms with van der Waals surface area (Å²) < 4.78 is 0. The summed E-state index contributed by atoms with van der Waals surface area (Å²) in [6.45, 7) is 0.932. The number of rotatable bonds is 7. The lowest BCUT2D eigenvalue weighted by Gasteiger charge is -2.15. The molecule has 0 saturated heterocycles. The van der Waals surface area contributed by atoms with Crippen LogP contribution in [0.15, 0.2) is 24.3 Å². The van der Waals surface area contributed by atoms with Gasteiger partial charge in [-0.1, -0.05) is 23.7 Å². The summed E-state index contributed by atoms with van der Waals surface area (Å²) >= 11 is 7.69. The number of hydrogen-bond donors (Lipinski definition) is 2. The van der Waals surface area contributed by atoms with E-state index in [2.05, 4.69) is 11.6 Å². The Morgan fingerprint density at radius 2 is 2.31 bits per heavy atom. The van der Waals surface area contributed by atoms with Gasteiger partial charge in [0.1, 0.15) is 0 Å². The third-order valence-corrected chi connectivity index (χ3v) is 3.25. The van der Waals surface area contributed by atoms with Gasteiger partial charge in [0.05, 0.1) is 6.61 Å². The van der Waals surface area contributed by atoms with Gasteiger partial charge in [0, 0.05) is 17.6 Å². The van der Waals surface area contributed by atoms with Crippen molar-refractivity contribution in [1.29, 1.82) is 0 Å². The van der Waals surface area contributed by atoms with Crippen LogP contribution in [0.3, 0.4) is 0 Å². The Balaban J connectivity index is 2.37. The van der Waals surface area contributed by atoms with Gasteiger partial charge < -0.3 is 10.4 Å². The Hall–Kier alpha value is -0.220. The molecule has 2 N–H and O–H groups in total. The molecule has 1 atom stereocenters. The Kier molecular flexibility index (Phi) is 6.88. The quantitative estimate of drug-likeness (QED) is 0.789. The van der Waals surface area contributed by atoms with Crippen LogP contribution in [-0.2, 0) is 6.54 Å². The summed E-state index contributed by atoms with van der Waals surface area (Å²) in [5.74, 6) is 1.06. The van der Waals surface area contributed by atoms with Crippen molar-refractivity contribution in [3.05, 3.63) is 34.9 Å². The van der Waals surface area contributed by atoms with E-state index in [0.717, 1.165) is 29.3 Å². The van der Waals surface area contributed by atoms with Gasteiger partial charge in [-0.05, 0) is 36.1 Å². The van der Waals surface area contributed by atoms with Crippen molar-refractivity contribution >= 4 is 23.4 Å². The zero-order chi connectivity index (χ0) is 11.8. The number of benzene rings is 1. The fourth-order valence-electron chi connectivity index (χ4n) is 1.43. The number of thioether (sulfide) groups is 1. The third-order valence-electron chi connectivity index (χ3n) is 2.37. The van der Waals surface area contributed by atoms with Gasteiger partial charge in [-0.3, -0.25) is 0 Å². The molecular weight excluding hydrogens is 242 g/mol. The largest absolute Gasteiger partial charge is 0.395 e. The van der Waals surface area contributed by atoms with Crippen molar-refractivity contribution in [3.63, 3.8) is 0 Å². The van der Waals surface area contributed by atoms with Crippen LogP contribution in [0.4, 0.5) is 0 Å². The van der Waals surface area contributed by atoms with Gasteiger partial charge in [0.25, 0.3) is 0 Å². The molecule has 1 unspecified atom stereocenters. The minimum atomic E-state index is 0.173. The monoisotopic (exact) mass is 259 g/mol. The van der Waals surface area contributed by atoms with Gasteiger partial charge in [-0.2, -0.15) is 11.8 Å². The molecule has 0 amide bonds. The predicted octanol–water partition coefficient (Wildman–Crippen LogP) is 2.54. The molecule has 0 fully saturated rings. The first-order valence-electron chi connectivity index (χ1n) is 5.34. The normalized spacial score (nSPS) is 12.7. The van der Waals surface area contributed by atoms with Gasteiger partial charge in [-0.25, -0.2) is 0 Å². The van der Waals surface area contributed by atoms with Crippen molar-refractivity contribution in [2.75, 3.05) is 18.6 Å². The highest BCUT2D eigenvalue weighted by Gasteiger charge is 2.05. The molecule has 0 saturated carbocycles. The van der Waals surface area contributed by atoms with Crippen LogP contribution in [0.1, 0.15) is 12.0 Å². The van der Waals surface area contributed by atoms with E-state index < -0.39 is 0 Å². The highest BCUT2D eigenvalue weighted by Crippen LogP contribution is 2.10. The summed E-state index contributed by atoms with van der Waals surface area (Å²) in [7, 11) is 0. The number of hydrogen-bond acceptors (Lipinski definition) is 3. The highest BCUT2D eigenvalue weighted by atomic mass is 35.5. The van der Waals surface area contributed by atoms with Crippen LogP contribution in [0, 0.1) is 0 Å². The fourth-order valence-corrected chi connectivity index (χ4v) is 2.16. The summed E-state index contributed by atoms with van der Waals surface area (Å²) in [4.78, 5) is 0. The zero-order valence-corrected chi connectivity index (χ0v) is 11.0. The summed E-state index contributed by atoms with van der Waals surface area (Å²) in [6, 6.07) is 7.95. The molecule has 2 nitrogen and oxygen atoms in total. The van der Waals surface area contributed by atoms with Crippen molar-refractivity contribution in [3.8, 4) is 0 Å². The SMILES string of the molecule is CSCCC(CO)NCc1cccc(Cl)c1. The molecule has 0 heterocycles. The Bertz CT molecular complexity index is 309. The minimum absolute atomic E-state index is 0.173. The maximum atomic E-state index is 9.19. The van der Waals surface area contributed by atoms with Crippen LogP contribution in [0.2, 0.25) is 5.02 Å². The zero-order valence-electron chi connectivity index (χ0n) is 9.45. The van der Waals surface area contributed by atoms with Gasteiger partial charge in [0.2, 0.25) is 0 Å². The van der Waals surface area contributed by atoms with E-state index in [0.29, 0.717) is 0 Å². The first-order valence-corrected chi connectivity index (χ1v) is 7.11. The van der Waals surface area contributed by atoms with Crippen LogP contribution in [0.5, 0.6) is 0 Å². The summed E-state index contributed by atoms with van der Waals surface area (Å²) in [5, 5.41) is 13.3. The second-order valence-electron chi connectivity index (χ2n) is 3.67. The predicted molar refractivity (Wildman–Crippen MR) is 72.2 cm³/mol. The summed E-state index contributed by atoms with van der Waals surface area (Å²) in [6.07, 6.45) is 3.06. The smallest absolute Gasteiger partial charge is 0.0585 e. The molecule has 0 radical (unpaired) electrons. The van der Waals surface area contributed by atoms with Crippen LogP contribution in [-0.4, -0.2) is 29.8 Å². The molecule has 0 aromatic heterocycles. The molecule has 0 bridgehead atoms. The van der Waals surface area contributed by atoms with E-state index in [1.54, 1.807) is 11.8 Å². The minimum Gasteiger partial charge on any atom is -0.395 e. The molecule has 1 aromatic rings. The maximum Gasteiger partial charge on any atom is 0.0585 e. The molecule has 1 rings (SSSR count). The van der Waals surface area contributed by atoms with Gasteiger partial charge in [-0.15, -0.1) is 0 Å². The second-order valence-corrected chi connectivity index (χ2v) is 5.09. The van der Waals surface area contributed by atoms with Crippen LogP contribution >= 0.6 is 23.4 Å². The molecule has 0 aliphatic heterocycles. The topological polar surface area (TPSA) is 32.3 Å². The molecular formula is C12H18ClNOS. The lowest BCUT2D eigenvalue weighted by molar-refractivity contribution is 0.239. The van der Waals surface area contributed by atoms with E-state index in [9.17, 15) is 5.11 Å². The molecule has 1 aromatic carbocycles. The molecule has 4 heteroatoms. The van der Waals surface area contributed by atoms with Crippen molar-refractivity contribution in [2.24, 2.45) is 0 Å². The average Bonchev–Trinajstić information content (AvgIpc) is 2.29. The summed E-state index contributed by atoms with van der Waals surface area (Å²) in [5.41, 5.74) is 1.15. The van der Waals surface area contributed by atoms with E-state index in [1.165, 1.54) is 0 Å². The third kappa shape index (κ3) is 5.21. The van der Waals surface area contributed by atoms with E-state index in [-0.39, 0.29) is 12.6 Å². The van der Waals surface area contributed by atoms with E-state index in [4.69, 9.17) is 11.6 Å². The van der Waals surface area contributed by atoms with E-state index in [1.807, 2.05) is 24.3 Å². The molecule has 16 heavy (non-hydrogen) atoms. The number of halogens is 1. The first kappa shape index (κ1) is 13.8. The number of aliphatic hydroxyl groups excluding tert-OH is 1. The highest BCUT2D eigenvalue weighted by molar-refractivity contribution is 7.98. The van der Waals surface area contributed by atoms with Crippen LogP contribution in [0.25, 0.3) is 0 Å². The van der Waals surface area contributed by atoms with Crippen molar-refractivity contribution in [1.82, 2.24) is 5.32 Å². The maximum absolute atomic E-state index is 9.19. The Morgan fingerprint density at radius 3 is 2.94 bits per heavy atom. The number of aliphatic hydroxyl groups is 1. The van der Waals surface area contributed by atoms with E-state index >= 15 is 0 Å². The fraction of sp³-hybridized carbons (Fsp3) is 0.500. The lowest BCUT2D eigenvalue weighted by atomic mass is 10.2. The number of nitrogens with one attached hydrogen (secondary N) is 1. The van der Waals surface area contributed by atoms with Crippen molar-refractivity contribution < 1.29 is 5.11 Å². The molecule has 0 spiro atoms. The first-order chi connectivity index (χ1) is 7.76. The van der Waals surface area contributed by atoms with Crippen molar-refractivity contribution in [2.45, 2.75) is 19.0 Å². The lowest BCUT2D eigenvalue weighted by Crippen LogP contribution is -2.32. The van der Waals surface area contributed by atoms with Gasteiger partial charge >= 0.3 is 0 Å². The molecule has 0 aliphatic rings. The molecule has 0 aliphatic carbocycles. The van der Waals surface area contributed by atoms with Crippen LogP contribution < -0.4 is 5.32 Å². The second kappa shape index (κ2) is 7.96. The Labute approximate surface area is 106 Å². The van der Waals surface area contributed by atoms with Gasteiger partial charge in [0.15, 0.2) is 0 Å². The average molecular weight is 260 g/mol. The molecule has 90 valence electrons.